The predicted molar refractivity (Wildman–Crippen MR) is 84.4 cm³/mol. The summed E-state index contributed by atoms with van der Waals surface area (Å²) in [6, 6.07) is 13.3. The molecule has 0 aromatic heterocycles. The smallest absolute Gasteiger partial charge is 0.0429 e. The fourth-order valence-electron chi connectivity index (χ4n) is 2.67. The average Bonchev–Trinajstić information content (AvgIpc) is 2.41. The van der Waals surface area contributed by atoms with E-state index < -0.39 is 0 Å². The summed E-state index contributed by atoms with van der Waals surface area (Å²) in [6.45, 7) is 6.74. The van der Waals surface area contributed by atoms with Crippen molar-refractivity contribution in [3.8, 4) is 0 Å². The Labute approximate surface area is 119 Å². The predicted octanol–water partition coefficient (Wildman–Crippen LogP) is 6.02. The second-order valence-corrected chi connectivity index (χ2v) is 5.98. The van der Waals surface area contributed by atoms with Crippen LogP contribution in [0.1, 0.15) is 42.6 Å². The molecule has 0 saturated carbocycles. The van der Waals surface area contributed by atoms with Gasteiger partial charge in [-0.3, -0.25) is 0 Å². The van der Waals surface area contributed by atoms with Gasteiger partial charge in [0, 0.05) is 4.83 Å². The van der Waals surface area contributed by atoms with Gasteiger partial charge in [-0.1, -0.05) is 79.0 Å². The van der Waals surface area contributed by atoms with Gasteiger partial charge in [0.15, 0.2) is 0 Å². The lowest BCUT2D eigenvalue weighted by molar-refractivity contribution is 0.488. The van der Waals surface area contributed by atoms with E-state index in [0.29, 0.717) is 10.7 Å². The van der Waals surface area contributed by atoms with Crippen LogP contribution in [0.25, 0.3) is 10.8 Å². The molecule has 0 spiro atoms. The van der Waals surface area contributed by atoms with E-state index >= 15 is 0 Å². The number of alkyl halides is 1. The fraction of sp³-hybridized carbons (Fsp3) is 0.412. The summed E-state index contributed by atoms with van der Waals surface area (Å²) in [5, 5.41) is 2.77. The maximum absolute atomic E-state index is 3.92. The summed E-state index contributed by atoms with van der Waals surface area (Å²) >= 11 is 3.92. The van der Waals surface area contributed by atoms with Crippen LogP contribution in [0.3, 0.4) is 0 Å². The molecule has 0 saturated heterocycles. The first kappa shape index (κ1) is 13.6. The molecular formula is C17H21Br. The lowest BCUT2D eigenvalue weighted by Gasteiger charge is -2.22. The number of fused-ring (bicyclic) bond motifs is 1. The van der Waals surface area contributed by atoms with E-state index in [2.05, 4.69) is 73.1 Å². The topological polar surface area (TPSA) is 0 Å². The van der Waals surface area contributed by atoms with Crippen LogP contribution in [0.5, 0.6) is 0 Å². The van der Waals surface area contributed by atoms with Crippen molar-refractivity contribution in [3.05, 3.63) is 47.5 Å². The summed E-state index contributed by atoms with van der Waals surface area (Å²) in [5.74, 6) is 0.705. The van der Waals surface area contributed by atoms with Crippen LogP contribution in [0.4, 0.5) is 0 Å². The molecule has 1 atom stereocenters. The third-order valence-corrected chi connectivity index (χ3v) is 5.18. The number of hydrogen-bond donors (Lipinski definition) is 0. The Bertz CT molecular complexity index is 526. The molecule has 0 fully saturated rings. The lowest BCUT2D eigenvalue weighted by Crippen LogP contribution is -2.06. The Morgan fingerprint density at radius 3 is 2.17 bits per heavy atom. The highest BCUT2D eigenvalue weighted by molar-refractivity contribution is 9.09. The van der Waals surface area contributed by atoms with Crippen LogP contribution in [-0.2, 0) is 0 Å². The molecule has 96 valence electrons. The molecule has 0 heterocycles. The SMILES string of the molecule is CCC(CC)C(Br)c1ccc(C)c2ccccc12. The van der Waals surface area contributed by atoms with Crippen molar-refractivity contribution in [2.24, 2.45) is 5.92 Å². The minimum Gasteiger partial charge on any atom is -0.0836 e. The van der Waals surface area contributed by atoms with Crippen LogP contribution in [0, 0.1) is 12.8 Å². The van der Waals surface area contributed by atoms with Crippen molar-refractivity contribution < 1.29 is 0 Å². The highest BCUT2D eigenvalue weighted by Crippen LogP contribution is 2.39. The average molecular weight is 305 g/mol. The molecule has 0 aliphatic heterocycles. The van der Waals surface area contributed by atoms with Crippen molar-refractivity contribution in [1.82, 2.24) is 0 Å². The maximum atomic E-state index is 3.92. The minimum absolute atomic E-state index is 0.456. The standard InChI is InChI=1S/C17H21Br/c1-4-13(5-2)17(18)16-11-10-12(3)14-8-6-7-9-15(14)16/h6-11,13,17H,4-5H2,1-3H3. The van der Waals surface area contributed by atoms with E-state index in [0.717, 1.165) is 0 Å². The first-order valence-electron chi connectivity index (χ1n) is 6.81. The van der Waals surface area contributed by atoms with E-state index in [1.54, 1.807) is 0 Å². The molecule has 0 amide bonds. The summed E-state index contributed by atoms with van der Waals surface area (Å²) in [4.78, 5) is 0.456. The maximum Gasteiger partial charge on any atom is 0.0429 e. The molecule has 2 rings (SSSR count). The van der Waals surface area contributed by atoms with E-state index in [-0.39, 0.29) is 0 Å². The van der Waals surface area contributed by atoms with E-state index in [1.807, 2.05) is 0 Å². The molecule has 1 heteroatoms. The van der Waals surface area contributed by atoms with Crippen LogP contribution >= 0.6 is 15.9 Å². The van der Waals surface area contributed by atoms with E-state index in [9.17, 15) is 0 Å². The van der Waals surface area contributed by atoms with Crippen molar-refractivity contribution in [3.63, 3.8) is 0 Å². The van der Waals surface area contributed by atoms with Crippen molar-refractivity contribution in [2.45, 2.75) is 38.4 Å². The van der Waals surface area contributed by atoms with Gasteiger partial charge < -0.3 is 0 Å². The second-order valence-electron chi connectivity index (χ2n) is 5.00. The van der Waals surface area contributed by atoms with Crippen molar-refractivity contribution >= 4 is 26.7 Å². The molecule has 1 unspecified atom stereocenters. The Kier molecular flexibility index (Phi) is 4.45. The number of halogens is 1. The second kappa shape index (κ2) is 5.88. The quantitative estimate of drug-likeness (QED) is 0.606. The van der Waals surface area contributed by atoms with Gasteiger partial charge in [0.05, 0.1) is 0 Å². The number of aryl methyl sites for hydroxylation is 1. The zero-order chi connectivity index (χ0) is 13.1. The number of hydrogen-bond acceptors (Lipinski definition) is 0. The van der Waals surface area contributed by atoms with E-state index in [1.165, 1.54) is 34.7 Å². The number of benzene rings is 2. The normalized spacial score (nSPS) is 13.2. The lowest BCUT2D eigenvalue weighted by atomic mass is 9.90. The van der Waals surface area contributed by atoms with Crippen molar-refractivity contribution in [1.29, 1.82) is 0 Å². The third-order valence-electron chi connectivity index (χ3n) is 3.94. The summed E-state index contributed by atoms with van der Waals surface area (Å²) in [5.41, 5.74) is 2.79. The Morgan fingerprint density at radius 2 is 1.56 bits per heavy atom. The molecule has 0 radical (unpaired) electrons. The molecule has 2 aromatic rings. The summed E-state index contributed by atoms with van der Waals surface area (Å²) < 4.78 is 0. The molecule has 0 nitrogen and oxygen atoms in total. The van der Waals surface area contributed by atoms with Crippen molar-refractivity contribution in [2.75, 3.05) is 0 Å². The largest absolute Gasteiger partial charge is 0.0836 e. The Hall–Kier alpha value is -0.820. The molecule has 0 aliphatic carbocycles. The van der Waals surface area contributed by atoms with Gasteiger partial charge in [0.25, 0.3) is 0 Å². The van der Waals surface area contributed by atoms with Gasteiger partial charge in [0.1, 0.15) is 0 Å². The third kappa shape index (κ3) is 2.47. The molecule has 18 heavy (non-hydrogen) atoms. The Balaban J connectivity index is 2.54. The van der Waals surface area contributed by atoms with Gasteiger partial charge in [0.2, 0.25) is 0 Å². The van der Waals surface area contributed by atoms with Crippen LogP contribution < -0.4 is 0 Å². The van der Waals surface area contributed by atoms with E-state index in [4.69, 9.17) is 0 Å². The van der Waals surface area contributed by atoms with Crippen LogP contribution in [0.2, 0.25) is 0 Å². The van der Waals surface area contributed by atoms with Crippen LogP contribution in [0.15, 0.2) is 36.4 Å². The van der Waals surface area contributed by atoms with Gasteiger partial charge in [-0.05, 0) is 34.7 Å². The van der Waals surface area contributed by atoms with Gasteiger partial charge in [-0.2, -0.15) is 0 Å². The van der Waals surface area contributed by atoms with Gasteiger partial charge in [-0.15, -0.1) is 0 Å². The number of rotatable bonds is 4. The summed E-state index contributed by atoms with van der Waals surface area (Å²) in [6.07, 6.45) is 2.43. The highest BCUT2D eigenvalue weighted by Gasteiger charge is 2.19. The highest BCUT2D eigenvalue weighted by atomic mass is 79.9. The fourth-order valence-corrected chi connectivity index (χ4v) is 3.82. The molecule has 0 bridgehead atoms. The molecular weight excluding hydrogens is 284 g/mol. The molecule has 0 N–H and O–H groups in total. The molecule has 2 aromatic carbocycles. The summed E-state index contributed by atoms with van der Waals surface area (Å²) in [7, 11) is 0. The molecule has 0 aliphatic rings. The first-order valence-corrected chi connectivity index (χ1v) is 7.72. The zero-order valence-electron chi connectivity index (χ0n) is 11.4. The van der Waals surface area contributed by atoms with Crippen LogP contribution in [-0.4, -0.2) is 0 Å². The van der Waals surface area contributed by atoms with Gasteiger partial charge >= 0.3 is 0 Å². The monoisotopic (exact) mass is 304 g/mol. The minimum atomic E-state index is 0.456. The Morgan fingerprint density at radius 1 is 0.944 bits per heavy atom. The zero-order valence-corrected chi connectivity index (χ0v) is 13.0. The van der Waals surface area contributed by atoms with Gasteiger partial charge in [-0.25, -0.2) is 0 Å². The first-order chi connectivity index (χ1) is 8.69.